The molecular formula is C23H17BrN2O5. The number of hydrogen-bond acceptors (Lipinski definition) is 6. The van der Waals surface area contributed by atoms with Gasteiger partial charge in [0.25, 0.3) is 0 Å². The summed E-state index contributed by atoms with van der Waals surface area (Å²) in [4.78, 5) is 24.0. The molecule has 0 aliphatic heterocycles. The predicted octanol–water partition coefficient (Wildman–Crippen LogP) is 5.40. The van der Waals surface area contributed by atoms with Crippen LogP contribution in [0.5, 0.6) is 0 Å². The van der Waals surface area contributed by atoms with Gasteiger partial charge in [-0.3, -0.25) is 4.79 Å². The lowest BCUT2D eigenvalue weighted by atomic mass is 10.1. The molecule has 0 unspecified atom stereocenters. The molecule has 4 aromatic rings. The highest BCUT2D eigenvalue weighted by molar-refractivity contribution is 9.10. The highest BCUT2D eigenvalue weighted by atomic mass is 79.9. The monoisotopic (exact) mass is 480 g/mol. The van der Waals surface area contributed by atoms with Crippen molar-refractivity contribution in [2.45, 2.75) is 6.92 Å². The molecule has 1 amide bonds. The van der Waals surface area contributed by atoms with Crippen molar-refractivity contribution in [3.63, 3.8) is 0 Å². The summed E-state index contributed by atoms with van der Waals surface area (Å²) in [6.07, 6.45) is 1.40. The minimum absolute atomic E-state index is 0.159. The van der Waals surface area contributed by atoms with Gasteiger partial charge in [0, 0.05) is 15.4 Å². The Balaban J connectivity index is 1.40. The molecule has 0 atom stereocenters. The maximum atomic E-state index is 12.3. The van der Waals surface area contributed by atoms with Gasteiger partial charge in [-0.25, -0.2) is 10.2 Å². The first-order valence-electron chi connectivity index (χ1n) is 9.43. The van der Waals surface area contributed by atoms with E-state index in [-0.39, 0.29) is 11.7 Å². The molecule has 7 nitrogen and oxygen atoms in total. The number of ether oxygens (including phenoxy) is 1. The Bertz CT molecular complexity index is 1270. The summed E-state index contributed by atoms with van der Waals surface area (Å²) in [5.74, 6) is 0.385. The second-order valence-corrected chi connectivity index (χ2v) is 7.41. The van der Waals surface area contributed by atoms with Gasteiger partial charge in [-0.1, -0.05) is 28.1 Å². The van der Waals surface area contributed by atoms with Crippen LogP contribution in [0.2, 0.25) is 0 Å². The van der Waals surface area contributed by atoms with Gasteiger partial charge in [0.15, 0.2) is 5.76 Å². The summed E-state index contributed by atoms with van der Waals surface area (Å²) in [5, 5.41) is 4.73. The first kappa shape index (κ1) is 20.6. The van der Waals surface area contributed by atoms with Gasteiger partial charge in [0.1, 0.15) is 17.1 Å². The fourth-order valence-electron chi connectivity index (χ4n) is 2.90. The third-order valence-corrected chi connectivity index (χ3v) is 4.86. The fourth-order valence-corrected chi connectivity index (χ4v) is 3.28. The Morgan fingerprint density at radius 2 is 1.87 bits per heavy atom. The number of amides is 1. The van der Waals surface area contributed by atoms with Crippen molar-refractivity contribution in [1.29, 1.82) is 0 Å². The Kier molecular flexibility index (Phi) is 5.99. The molecule has 0 radical (unpaired) electrons. The van der Waals surface area contributed by atoms with Crippen molar-refractivity contribution in [2.24, 2.45) is 5.10 Å². The van der Waals surface area contributed by atoms with Crippen LogP contribution in [0.15, 0.2) is 79.1 Å². The van der Waals surface area contributed by atoms with E-state index in [2.05, 4.69) is 26.5 Å². The molecule has 2 heterocycles. The average Bonchev–Trinajstić information content (AvgIpc) is 3.41. The van der Waals surface area contributed by atoms with E-state index in [1.807, 2.05) is 12.1 Å². The quantitative estimate of drug-likeness (QED) is 0.226. The number of benzene rings is 2. The smallest absolute Gasteiger partial charge is 0.338 e. The number of hydrogen-bond donors (Lipinski definition) is 1. The molecule has 31 heavy (non-hydrogen) atoms. The van der Waals surface area contributed by atoms with Crippen molar-refractivity contribution in [3.8, 4) is 11.3 Å². The second kappa shape index (κ2) is 9.01. The van der Waals surface area contributed by atoms with Gasteiger partial charge in [0.2, 0.25) is 0 Å². The average molecular weight is 481 g/mol. The molecule has 2 aromatic carbocycles. The van der Waals surface area contributed by atoms with Crippen LogP contribution in [-0.2, 0) is 4.74 Å². The van der Waals surface area contributed by atoms with Crippen molar-refractivity contribution in [3.05, 3.63) is 82.2 Å². The van der Waals surface area contributed by atoms with Crippen LogP contribution >= 0.6 is 15.9 Å². The third-order valence-electron chi connectivity index (χ3n) is 4.37. The van der Waals surface area contributed by atoms with E-state index in [0.717, 1.165) is 15.4 Å². The van der Waals surface area contributed by atoms with Gasteiger partial charge in [-0.2, -0.15) is 5.10 Å². The number of carbonyl (C=O) groups excluding carboxylic acids is 2. The van der Waals surface area contributed by atoms with Crippen LogP contribution in [0, 0.1) is 0 Å². The number of hydrazone groups is 1. The van der Waals surface area contributed by atoms with E-state index in [4.69, 9.17) is 13.6 Å². The van der Waals surface area contributed by atoms with Gasteiger partial charge in [-0.05, 0) is 55.5 Å². The van der Waals surface area contributed by atoms with Crippen LogP contribution < -0.4 is 5.43 Å². The van der Waals surface area contributed by atoms with Crippen molar-refractivity contribution in [1.82, 2.24) is 5.43 Å². The Morgan fingerprint density at radius 3 is 2.65 bits per heavy atom. The standard InChI is InChI=1S/C23H17BrN2O5/c1-2-29-23(28)15-5-3-14(4-6-15)19-10-8-18(30-19)13-25-26-22(27)21-12-16-11-17(24)7-9-20(16)31-21/h3-13H,2H2,1H3,(H,26,27)/b25-13+. The minimum Gasteiger partial charge on any atom is -0.462 e. The van der Waals surface area contributed by atoms with Gasteiger partial charge < -0.3 is 13.6 Å². The van der Waals surface area contributed by atoms with E-state index in [1.54, 1.807) is 55.5 Å². The number of nitrogens with one attached hydrogen (secondary N) is 1. The lowest BCUT2D eigenvalue weighted by Gasteiger charge is -2.02. The highest BCUT2D eigenvalue weighted by Gasteiger charge is 2.12. The number of furan rings is 2. The van der Waals surface area contributed by atoms with E-state index in [9.17, 15) is 9.59 Å². The lowest BCUT2D eigenvalue weighted by molar-refractivity contribution is 0.0526. The zero-order valence-electron chi connectivity index (χ0n) is 16.4. The summed E-state index contributed by atoms with van der Waals surface area (Å²) in [5.41, 5.74) is 4.30. The number of nitrogens with zero attached hydrogens (tertiary/aromatic N) is 1. The molecular weight excluding hydrogens is 464 g/mol. The van der Waals surface area contributed by atoms with E-state index in [0.29, 0.717) is 29.3 Å². The normalized spacial score (nSPS) is 11.2. The first-order valence-corrected chi connectivity index (χ1v) is 10.2. The molecule has 0 saturated heterocycles. The Morgan fingerprint density at radius 1 is 1.06 bits per heavy atom. The second-order valence-electron chi connectivity index (χ2n) is 6.49. The largest absolute Gasteiger partial charge is 0.462 e. The molecule has 2 aromatic heterocycles. The van der Waals surface area contributed by atoms with Crippen molar-refractivity contribution < 1.29 is 23.2 Å². The summed E-state index contributed by atoms with van der Waals surface area (Å²) >= 11 is 3.38. The van der Waals surface area contributed by atoms with Gasteiger partial charge in [0.05, 0.1) is 18.4 Å². The molecule has 8 heteroatoms. The van der Waals surface area contributed by atoms with Crippen LogP contribution in [0.1, 0.15) is 33.6 Å². The first-order chi connectivity index (χ1) is 15.0. The van der Waals surface area contributed by atoms with Crippen molar-refractivity contribution >= 4 is 45.0 Å². The molecule has 0 spiro atoms. The Hall–Kier alpha value is -3.65. The van der Waals surface area contributed by atoms with E-state index >= 15 is 0 Å². The fraction of sp³-hybridized carbons (Fsp3) is 0.0870. The molecule has 0 saturated carbocycles. The third kappa shape index (κ3) is 4.75. The van der Waals surface area contributed by atoms with Gasteiger partial charge >= 0.3 is 11.9 Å². The summed E-state index contributed by atoms with van der Waals surface area (Å²) in [6.45, 7) is 2.09. The van der Waals surface area contributed by atoms with E-state index < -0.39 is 5.91 Å². The predicted molar refractivity (Wildman–Crippen MR) is 119 cm³/mol. The molecule has 0 aliphatic carbocycles. The molecule has 0 bridgehead atoms. The lowest BCUT2D eigenvalue weighted by Crippen LogP contribution is -2.16. The number of esters is 1. The number of fused-ring (bicyclic) bond motifs is 1. The highest BCUT2D eigenvalue weighted by Crippen LogP contribution is 2.24. The number of halogens is 1. The summed E-state index contributed by atoms with van der Waals surface area (Å²) in [6, 6.07) is 17.5. The molecule has 4 rings (SSSR count). The van der Waals surface area contributed by atoms with E-state index in [1.165, 1.54) is 6.21 Å². The minimum atomic E-state index is -0.468. The van der Waals surface area contributed by atoms with Crippen LogP contribution in [-0.4, -0.2) is 24.7 Å². The van der Waals surface area contributed by atoms with Crippen LogP contribution in [0.25, 0.3) is 22.3 Å². The molecule has 1 N–H and O–H groups in total. The zero-order valence-corrected chi connectivity index (χ0v) is 18.0. The number of rotatable bonds is 6. The maximum Gasteiger partial charge on any atom is 0.338 e. The van der Waals surface area contributed by atoms with Crippen molar-refractivity contribution in [2.75, 3.05) is 6.61 Å². The maximum absolute atomic E-state index is 12.3. The van der Waals surface area contributed by atoms with Crippen LogP contribution in [0.3, 0.4) is 0 Å². The Labute approximate surface area is 185 Å². The molecule has 156 valence electrons. The number of carbonyl (C=O) groups is 2. The summed E-state index contributed by atoms with van der Waals surface area (Å²) < 4.78 is 17.1. The summed E-state index contributed by atoms with van der Waals surface area (Å²) in [7, 11) is 0. The SMILES string of the molecule is CCOC(=O)c1ccc(-c2ccc(/C=N/NC(=O)c3cc4cc(Br)ccc4o3)o2)cc1. The van der Waals surface area contributed by atoms with Gasteiger partial charge in [-0.15, -0.1) is 0 Å². The zero-order chi connectivity index (χ0) is 21.8. The van der Waals surface area contributed by atoms with Crippen LogP contribution in [0.4, 0.5) is 0 Å². The topological polar surface area (TPSA) is 94.0 Å². The molecule has 0 aliphatic rings. The molecule has 0 fully saturated rings.